The van der Waals surface area contributed by atoms with E-state index in [9.17, 15) is 19.8 Å². The average Bonchev–Trinajstić information content (AvgIpc) is 3.12. The van der Waals surface area contributed by atoms with Gasteiger partial charge < -0.3 is 24.6 Å². The summed E-state index contributed by atoms with van der Waals surface area (Å²) in [5.74, 6) is -0.475. The number of aliphatic hydroxyl groups is 1. The number of amides is 1. The van der Waals surface area contributed by atoms with Crippen LogP contribution in [0.15, 0.2) is 54.1 Å². The number of morpholine rings is 1. The highest BCUT2D eigenvalue weighted by atomic mass is 16.5. The van der Waals surface area contributed by atoms with E-state index in [-0.39, 0.29) is 17.1 Å². The van der Waals surface area contributed by atoms with Crippen molar-refractivity contribution in [3.05, 3.63) is 65.2 Å². The van der Waals surface area contributed by atoms with E-state index < -0.39 is 17.7 Å². The predicted octanol–water partition coefficient (Wildman–Crippen LogP) is 3.18. The Bertz CT molecular complexity index is 1070. The molecule has 2 N–H and O–H groups in total. The van der Waals surface area contributed by atoms with Crippen LogP contribution in [-0.4, -0.2) is 77.7 Å². The van der Waals surface area contributed by atoms with Gasteiger partial charge in [-0.05, 0) is 47.9 Å². The van der Waals surface area contributed by atoms with Crippen LogP contribution in [0.4, 0.5) is 0 Å². The summed E-state index contributed by atoms with van der Waals surface area (Å²) in [5, 5.41) is 21.0. The van der Waals surface area contributed by atoms with Gasteiger partial charge in [-0.2, -0.15) is 0 Å². The number of nitrogens with zero attached hydrogens (tertiary/aromatic N) is 2. The summed E-state index contributed by atoms with van der Waals surface area (Å²) < 4.78 is 11.1. The summed E-state index contributed by atoms with van der Waals surface area (Å²) >= 11 is 0. The quantitative estimate of drug-likeness (QED) is 0.340. The topological polar surface area (TPSA) is 99.5 Å². The number of phenols is 1. The van der Waals surface area contributed by atoms with Gasteiger partial charge in [0.15, 0.2) is 0 Å². The van der Waals surface area contributed by atoms with Gasteiger partial charge in [0.2, 0.25) is 0 Å². The number of aromatic hydroxyl groups is 1. The molecule has 2 aromatic rings. The van der Waals surface area contributed by atoms with Crippen LogP contribution in [0.2, 0.25) is 0 Å². The van der Waals surface area contributed by atoms with Gasteiger partial charge in [0.25, 0.3) is 11.7 Å². The number of carbonyl (C=O) groups is 2. The first-order valence-electron chi connectivity index (χ1n) is 12.0. The Morgan fingerprint density at radius 3 is 2.31 bits per heavy atom. The SMILES string of the molecule is CC(C)COc1ccc(C(O)=C2C(=O)C(=O)N(CCN3CCOCC3)[C@H]2c2ccc(O)cc2)cc1. The van der Waals surface area contributed by atoms with Gasteiger partial charge >= 0.3 is 0 Å². The molecule has 0 bridgehead atoms. The van der Waals surface area contributed by atoms with Crippen molar-refractivity contribution in [2.45, 2.75) is 19.9 Å². The Kier molecular flexibility index (Phi) is 7.73. The highest BCUT2D eigenvalue weighted by molar-refractivity contribution is 6.46. The number of rotatable bonds is 8. The fourth-order valence-corrected chi connectivity index (χ4v) is 4.32. The number of likely N-dealkylation sites (tertiary alicyclic amines) is 1. The number of carbonyl (C=O) groups excluding carboxylic acids is 2. The largest absolute Gasteiger partial charge is 0.508 e. The molecule has 4 rings (SSSR count). The van der Waals surface area contributed by atoms with Gasteiger partial charge in [-0.1, -0.05) is 26.0 Å². The molecule has 1 amide bonds. The maximum Gasteiger partial charge on any atom is 0.295 e. The van der Waals surface area contributed by atoms with Gasteiger partial charge in [0, 0.05) is 31.7 Å². The number of Topliss-reactive ketones (excluding diaryl/α,β-unsaturated/α-hetero) is 1. The predicted molar refractivity (Wildman–Crippen MR) is 131 cm³/mol. The second kappa shape index (κ2) is 10.9. The van der Waals surface area contributed by atoms with Crippen molar-refractivity contribution < 1.29 is 29.3 Å². The van der Waals surface area contributed by atoms with Crippen molar-refractivity contribution in [1.29, 1.82) is 0 Å². The molecule has 2 aliphatic rings. The average molecular weight is 481 g/mol. The summed E-state index contributed by atoms with van der Waals surface area (Å²) in [5.41, 5.74) is 1.11. The minimum Gasteiger partial charge on any atom is -0.508 e. The van der Waals surface area contributed by atoms with E-state index >= 15 is 0 Å². The smallest absolute Gasteiger partial charge is 0.295 e. The third-order valence-corrected chi connectivity index (χ3v) is 6.22. The standard InChI is InChI=1S/C27H32N2O6/c1-18(2)17-35-22-9-5-20(6-10-22)25(31)23-24(19-3-7-21(30)8-4-19)29(27(33)26(23)32)12-11-28-13-15-34-16-14-28/h3-10,18,24,30-31H,11-17H2,1-2H3/t24-/m0/s1. The Balaban J connectivity index is 1.66. The van der Waals surface area contributed by atoms with Crippen LogP contribution in [0, 0.1) is 5.92 Å². The molecule has 8 heteroatoms. The molecule has 35 heavy (non-hydrogen) atoms. The monoisotopic (exact) mass is 480 g/mol. The summed E-state index contributed by atoms with van der Waals surface area (Å²) in [6, 6.07) is 12.4. The zero-order chi connectivity index (χ0) is 24.9. The van der Waals surface area contributed by atoms with Gasteiger partial charge in [0.1, 0.15) is 17.3 Å². The lowest BCUT2D eigenvalue weighted by molar-refractivity contribution is -0.140. The van der Waals surface area contributed by atoms with Crippen molar-refractivity contribution in [3.63, 3.8) is 0 Å². The molecule has 186 valence electrons. The molecule has 2 fully saturated rings. The highest BCUT2D eigenvalue weighted by Gasteiger charge is 2.46. The Morgan fingerprint density at radius 1 is 1.03 bits per heavy atom. The maximum absolute atomic E-state index is 13.2. The van der Waals surface area contributed by atoms with Crippen LogP contribution in [0.3, 0.4) is 0 Å². The van der Waals surface area contributed by atoms with Gasteiger partial charge in [-0.25, -0.2) is 0 Å². The number of ether oxygens (including phenoxy) is 2. The second-order valence-corrected chi connectivity index (χ2v) is 9.27. The van der Waals surface area contributed by atoms with Gasteiger partial charge in [-0.3, -0.25) is 14.5 Å². The van der Waals surface area contributed by atoms with Crippen LogP contribution in [-0.2, 0) is 14.3 Å². The first-order valence-corrected chi connectivity index (χ1v) is 12.0. The molecule has 2 aliphatic heterocycles. The fraction of sp³-hybridized carbons (Fsp3) is 0.407. The van der Waals surface area contributed by atoms with Gasteiger partial charge in [0.05, 0.1) is 31.4 Å². The third kappa shape index (κ3) is 5.66. The van der Waals surface area contributed by atoms with Crippen molar-refractivity contribution >= 4 is 17.4 Å². The molecule has 0 unspecified atom stereocenters. The molecule has 0 spiro atoms. The molecule has 0 radical (unpaired) electrons. The number of ketones is 1. The molecule has 2 aromatic carbocycles. The molecular weight excluding hydrogens is 448 g/mol. The molecule has 8 nitrogen and oxygen atoms in total. The van der Waals surface area contributed by atoms with Crippen LogP contribution in [0.1, 0.15) is 31.0 Å². The van der Waals surface area contributed by atoms with E-state index in [1.807, 2.05) is 0 Å². The fourth-order valence-electron chi connectivity index (χ4n) is 4.32. The summed E-state index contributed by atoms with van der Waals surface area (Å²) in [4.78, 5) is 30.0. The van der Waals surface area contributed by atoms with E-state index in [0.717, 1.165) is 13.1 Å². The van der Waals surface area contributed by atoms with E-state index in [0.29, 0.717) is 55.7 Å². The molecule has 0 saturated carbocycles. The molecule has 1 atom stereocenters. The summed E-state index contributed by atoms with van der Waals surface area (Å²) in [6.45, 7) is 8.40. The number of phenolic OH excluding ortho intramolecular Hbond substituents is 1. The van der Waals surface area contributed by atoms with Crippen LogP contribution in [0.25, 0.3) is 5.76 Å². The third-order valence-electron chi connectivity index (χ3n) is 6.22. The Labute approximate surface area is 205 Å². The van der Waals surface area contributed by atoms with Crippen LogP contribution < -0.4 is 4.74 Å². The molecule has 2 heterocycles. The first kappa shape index (κ1) is 24.8. The zero-order valence-corrected chi connectivity index (χ0v) is 20.1. The van der Waals surface area contributed by atoms with E-state index in [4.69, 9.17) is 9.47 Å². The number of hydrogen-bond acceptors (Lipinski definition) is 7. The summed E-state index contributed by atoms with van der Waals surface area (Å²) in [7, 11) is 0. The first-order chi connectivity index (χ1) is 16.8. The van der Waals surface area contributed by atoms with Crippen molar-refractivity contribution in [2.75, 3.05) is 46.0 Å². The van der Waals surface area contributed by atoms with E-state index in [2.05, 4.69) is 18.7 Å². The number of hydrogen-bond donors (Lipinski definition) is 2. The van der Waals surface area contributed by atoms with Crippen molar-refractivity contribution in [3.8, 4) is 11.5 Å². The lowest BCUT2D eigenvalue weighted by atomic mass is 9.95. The second-order valence-electron chi connectivity index (χ2n) is 9.27. The Hall–Kier alpha value is -3.36. The molecule has 0 aromatic heterocycles. The highest BCUT2D eigenvalue weighted by Crippen LogP contribution is 2.39. The minimum atomic E-state index is -0.756. The minimum absolute atomic E-state index is 0.0403. The van der Waals surface area contributed by atoms with Crippen LogP contribution in [0.5, 0.6) is 11.5 Å². The lowest BCUT2D eigenvalue weighted by Gasteiger charge is -2.31. The number of aliphatic hydroxyl groups excluding tert-OH is 1. The van der Waals surface area contributed by atoms with Gasteiger partial charge in [-0.15, -0.1) is 0 Å². The van der Waals surface area contributed by atoms with E-state index in [1.165, 1.54) is 17.0 Å². The van der Waals surface area contributed by atoms with Crippen molar-refractivity contribution in [2.24, 2.45) is 5.92 Å². The van der Waals surface area contributed by atoms with Crippen molar-refractivity contribution in [1.82, 2.24) is 9.80 Å². The normalized spacial score (nSPS) is 20.5. The Morgan fingerprint density at radius 2 is 1.69 bits per heavy atom. The molecule has 0 aliphatic carbocycles. The van der Waals surface area contributed by atoms with Crippen LogP contribution >= 0.6 is 0 Å². The molecule has 2 saturated heterocycles. The summed E-state index contributed by atoms with van der Waals surface area (Å²) in [6.07, 6.45) is 0. The zero-order valence-electron chi connectivity index (χ0n) is 20.1. The maximum atomic E-state index is 13.2. The van der Waals surface area contributed by atoms with E-state index in [1.54, 1.807) is 36.4 Å². The number of benzene rings is 2. The molecular formula is C27H32N2O6. The lowest BCUT2D eigenvalue weighted by Crippen LogP contribution is -2.42.